The molecule has 0 radical (unpaired) electrons. The third-order valence-electron chi connectivity index (χ3n) is 6.07. The van der Waals surface area contributed by atoms with E-state index in [1.807, 2.05) is 12.1 Å². The molecule has 1 fully saturated rings. The second-order valence-corrected chi connectivity index (χ2v) is 8.67. The van der Waals surface area contributed by atoms with Crippen LogP contribution in [0.5, 0.6) is 0 Å². The number of hydrogen-bond acceptors (Lipinski definition) is 6. The summed E-state index contributed by atoms with van der Waals surface area (Å²) in [6.07, 6.45) is 6.58. The van der Waals surface area contributed by atoms with Crippen LogP contribution in [0.1, 0.15) is 43.0 Å². The van der Waals surface area contributed by atoms with E-state index in [4.69, 9.17) is 0 Å². The Morgan fingerprint density at radius 2 is 1.86 bits per heavy atom. The molecule has 180 valence electrons. The van der Waals surface area contributed by atoms with E-state index in [0.29, 0.717) is 34.0 Å². The molecule has 3 heterocycles. The van der Waals surface area contributed by atoms with Gasteiger partial charge in [0, 0.05) is 24.9 Å². The van der Waals surface area contributed by atoms with Crippen LogP contribution in [0.25, 0.3) is 10.9 Å². The molecule has 0 bridgehead atoms. The van der Waals surface area contributed by atoms with Gasteiger partial charge in [0.25, 0.3) is 0 Å². The van der Waals surface area contributed by atoms with E-state index in [1.54, 1.807) is 29.1 Å². The number of benzene rings is 2. The Balaban J connectivity index is 1.39. The van der Waals surface area contributed by atoms with E-state index in [1.165, 1.54) is 24.7 Å². The average Bonchev–Trinajstić information content (AvgIpc) is 3.62. The maximum atomic E-state index is 13.7. The Bertz CT molecular complexity index is 1600. The van der Waals surface area contributed by atoms with E-state index < -0.39 is 23.5 Å². The number of anilines is 2. The van der Waals surface area contributed by atoms with Crippen LogP contribution in [0.4, 0.5) is 24.7 Å². The van der Waals surface area contributed by atoms with Gasteiger partial charge >= 0.3 is 0 Å². The molecule has 0 aliphatic heterocycles. The lowest BCUT2D eigenvalue weighted by atomic mass is 9.89. The molecule has 1 aliphatic carbocycles. The third-order valence-corrected chi connectivity index (χ3v) is 6.07. The molecule has 3 aromatic heterocycles. The van der Waals surface area contributed by atoms with Crippen molar-refractivity contribution < 1.29 is 14.5 Å². The van der Waals surface area contributed by atoms with E-state index in [0.717, 1.165) is 24.5 Å². The lowest BCUT2D eigenvalue weighted by Gasteiger charge is -2.16. The average molecular weight is 488 g/mol. The van der Waals surface area contributed by atoms with Gasteiger partial charge in [0.2, 0.25) is 5.95 Å². The highest BCUT2D eigenvalue weighted by Gasteiger charge is 2.27. The molecule has 0 unspecified atom stereocenters. The maximum Gasteiger partial charge on any atom is 0.249 e. The summed E-state index contributed by atoms with van der Waals surface area (Å²) in [7, 11) is 0. The molecular weight excluding hydrogens is 467 g/mol. The summed E-state index contributed by atoms with van der Waals surface area (Å²) >= 11 is 0. The molecule has 0 amide bonds. The minimum Gasteiger partial charge on any atom is -0.338 e. The van der Waals surface area contributed by atoms with Gasteiger partial charge in [-0.15, -0.1) is 5.10 Å². The molecule has 10 heteroatoms. The van der Waals surface area contributed by atoms with Gasteiger partial charge in [-0.2, -0.15) is 4.39 Å². The first kappa shape index (κ1) is 21.0. The Morgan fingerprint density at radius 3 is 2.64 bits per heavy atom. The highest BCUT2D eigenvalue weighted by atomic mass is 19.2. The number of halogens is 3. The minimum absolute atomic E-state index is 0.207. The fourth-order valence-corrected chi connectivity index (χ4v) is 4.07. The highest BCUT2D eigenvalue weighted by molar-refractivity contribution is 5.91. The quantitative estimate of drug-likeness (QED) is 0.305. The van der Waals surface area contributed by atoms with E-state index >= 15 is 0 Å². The molecule has 7 nitrogen and oxygen atoms in total. The molecule has 6 rings (SSSR count). The van der Waals surface area contributed by atoms with Crippen molar-refractivity contribution in [3.05, 3.63) is 102 Å². The molecule has 1 aliphatic rings. The van der Waals surface area contributed by atoms with Crippen molar-refractivity contribution in [1.29, 1.82) is 0 Å². The summed E-state index contributed by atoms with van der Waals surface area (Å²) < 4.78 is 51.9. The van der Waals surface area contributed by atoms with E-state index in [2.05, 4.69) is 30.6 Å². The summed E-state index contributed by atoms with van der Waals surface area (Å²) in [4.78, 5) is 12.0. The smallest absolute Gasteiger partial charge is 0.249 e. The van der Waals surface area contributed by atoms with Crippen LogP contribution in [0.15, 0.2) is 67.3 Å². The van der Waals surface area contributed by atoms with Gasteiger partial charge < -0.3 is 5.32 Å². The topological polar surface area (TPSA) is 81.4 Å². The van der Waals surface area contributed by atoms with Crippen LogP contribution in [0, 0.1) is 17.6 Å². The number of nitrogens with one attached hydrogen (secondary N) is 1. The number of hydrogen-bond donors (Lipinski definition) is 1. The van der Waals surface area contributed by atoms with Crippen molar-refractivity contribution in [1.82, 2.24) is 29.9 Å². The van der Waals surface area contributed by atoms with Crippen molar-refractivity contribution in [2.75, 3.05) is 5.32 Å². The second-order valence-electron chi connectivity index (χ2n) is 8.67. The Morgan fingerprint density at radius 1 is 1.03 bits per heavy atom. The number of rotatable bonds is 7. The normalized spacial score (nSPS) is 15.5. The number of nitrogens with zero attached hydrogens (tertiary/aromatic N) is 6. The van der Waals surface area contributed by atoms with Crippen LogP contribution in [0.2, 0.25) is 0 Å². The zero-order chi connectivity index (χ0) is 25.6. The lowest BCUT2D eigenvalue weighted by Crippen LogP contribution is -2.06. The van der Waals surface area contributed by atoms with Crippen molar-refractivity contribution in [3.63, 3.8) is 0 Å². The van der Waals surface area contributed by atoms with Gasteiger partial charge in [0.1, 0.15) is 18.0 Å². The van der Waals surface area contributed by atoms with Gasteiger partial charge in [0.05, 0.1) is 29.1 Å². The van der Waals surface area contributed by atoms with Crippen LogP contribution in [-0.4, -0.2) is 29.9 Å². The van der Waals surface area contributed by atoms with Gasteiger partial charge in [-0.25, -0.2) is 28.4 Å². The van der Waals surface area contributed by atoms with Gasteiger partial charge in [-0.05, 0) is 54.7 Å². The van der Waals surface area contributed by atoms with E-state index in [-0.39, 0.29) is 12.1 Å². The fourth-order valence-electron chi connectivity index (χ4n) is 4.07. The fraction of sp³-hybridized carbons (Fsp3) is 0.192. The summed E-state index contributed by atoms with van der Waals surface area (Å²) in [6.45, 7) is 0. The van der Waals surface area contributed by atoms with Crippen molar-refractivity contribution in [2.24, 2.45) is 0 Å². The largest absolute Gasteiger partial charge is 0.338 e. The van der Waals surface area contributed by atoms with Gasteiger partial charge in [0.15, 0.2) is 5.82 Å². The second kappa shape index (κ2) is 9.03. The molecule has 1 N–H and O–H groups in total. The highest BCUT2D eigenvalue weighted by Crippen LogP contribution is 2.36. The number of pyridine rings is 1. The van der Waals surface area contributed by atoms with E-state index in [9.17, 15) is 14.5 Å². The number of aromatic nitrogens is 6. The van der Waals surface area contributed by atoms with Crippen LogP contribution in [-0.2, 0) is 6.42 Å². The standard InChI is InChI=1S/C26H20F3N7/c27-17-4-2-16(3-5-17)20(24-13-36(35-34-24)19-6-7-19)9-15-1-8-23-21(10-15)26(32-14-31-23)33-18-11-22(28)25(29)30-12-18/h1-5,8,10-14,19-20H,6-7,9H2,(H,31,32,33)/t20-/m1/s1/i20D. The first-order valence-electron chi connectivity index (χ1n) is 11.9. The van der Waals surface area contributed by atoms with Crippen LogP contribution in [0.3, 0.4) is 0 Å². The predicted octanol–water partition coefficient (Wildman–Crippen LogP) is 5.49. The minimum atomic E-state index is -1.35. The molecule has 0 spiro atoms. The monoisotopic (exact) mass is 488 g/mol. The van der Waals surface area contributed by atoms with Gasteiger partial charge in [-0.3, -0.25) is 0 Å². The third kappa shape index (κ3) is 4.49. The zero-order valence-corrected chi connectivity index (χ0v) is 18.9. The SMILES string of the molecule is [2H][C@@](Cc1ccc2ncnc(Nc3cnc(F)c(F)c3)c2c1)(c1ccc(F)cc1)c1cn(C2CC2)nn1. The van der Waals surface area contributed by atoms with Crippen molar-refractivity contribution in [3.8, 4) is 0 Å². The lowest BCUT2D eigenvalue weighted by molar-refractivity contribution is 0.480. The predicted molar refractivity (Wildman–Crippen MR) is 127 cm³/mol. The van der Waals surface area contributed by atoms with Crippen LogP contribution >= 0.6 is 0 Å². The Kier molecular flexibility index (Phi) is 5.26. The van der Waals surface area contributed by atoms with Crippen LogP contribution < -0.4 is 5.32 Å². The van der Waals surface area contributed by atoms with Crippen molar-refractivity contribution >= 4 is 22.4 Å². The summed E-state index contributed by atoms with van der Waals surface area (Å²) in [5.74, 6) is -3.63. The number of fused-ring (bicyclic) bond motifs is 1. The summed E-state index contributed by atoms with van der Waals surface area (Å²) in [6, 6.07) is 12.6. The Hall–Kier alpha value is -4.34. The molecule has 1 saturated carbocycles. The molecule has 2 aromatic carbocycles. The van der Waals surface area contributed by atoms with Gasteiger partial charge in [-0.1, -0.05) is 23.4 Å². The first-order chi connectivity index (χ1) is 17.9. The maximum absolute atomic E-state index is 13.7. The molecule has 5 aromatic rings. The molecular formula is C26H20F3N7. The summed E-state index contributed by atoms with van der Waals surface area (Å²) in [5, 5.41) is 12.1. The first-order valence-corrected chi connectivity index (χ1v) is 11.4. The molecule has 36 heavy (non-hydrogen) atoms. The summed E-state index contributed by atoms with van der Waals surface area (Å²) in [5.41, 5.74) is 2.65. The zero-order valence-electron chi connectivity index (χ0n) is 19.9. The Labute approximate surface area is 205 Å². The molecule has 1 atom stereocenters. The van der Waals surface area contributed by atoms with Crippen molar-refractivity contribution in [2.45, 2.75) is 31.2 Å². The molecule has 0 saturated heterocycles.